The molecule has 0 radical (unpaired) electrons. The van der Waals surface area contributed by atoms with E-state index in [2.05, 4.69) is 59.8 Å². The third-order valence-electron chi connectivity index (χ3n) is 2.47. The third-order valence-corrected chi connectivity index (χ3v) is 4.33. The van der Waals surface area contributed by atoms with E-state index in [-0.39, 0.29) is 5.41 Å². The highest BCUT2D eigenvalue weighted by Crippen LogP contribution is 2.39. The standard InChI is InChI=1S/C14H25NS/c1-9(2)13-11(15-10(3)4)8-12(16-13)14(5,6)7/h8-10,15H,1-7H3. The van der Waals surface area contributed by atoms with Crippen molar-refractivity contribution in [3.05, 3.63) is 15.8 Å². The van der Waals surface area contributed by atoms with Crippen LogP contribution < -0.4 is 5.32 Å². The topological polar surface area (TPSA) is 12.0 Å². The summed E-state index contributed by atoms with van der Waals surface area (Å²) in [6.45, 7) is 15.8. The third kappa shape index (κ3) is 3.24. The molecule has 1 rings (SSSR count). The van der Waals surface area contributed by atoms with Crippen LogP contribution in [0.15, 0.2) is 6.07 Å². The molecular weight excluding hydrogens is 214 g/mol. The minimum Gasteiger partial charge on any atom is -0.382 e. The summed E-state index contributed by atoms with van der Waals surface area (Å²) in [5.74, 6) is 0.599. The van der Waals surface area contributed by atoms with Crippen LogP contribution in [0, 0.1) is 0 Å². The van der Waals surface area contributed by atoms with Crippen LogP contribution >= 0.6 is 11.3 Å². The number of hydrogen-bond donors (Lipinski definition) is 1. The van der Waals surface area contributed by atoms with Gasteiger partial charge in [-0.3, -0.25) is 0 Å². The first-order valence-electron chi connectivity index (χ1n) is 6.12. The summed E-state index contributed by atoms with van der Waals surface area (Å²) in [5, 5.41) is 3.56. The molecule has 0 fully saturated rings. The monoisotopic (exact) mass is 239 g/mol. The van der Waals surface area contributed by atoms with Crippen molar-refractivity contribution in [1.29, 1.82) is 0 Å². The maximum atomic E-state index is 3.56. The van der Waals surface area contributed by atoms with Gasteiger partial charge in [0.2, 0.25) is 0 Å². The van der Waals surface area contributed by atoms with Crippen molar-refractivity contribution >= 4 is 17.0 Å². The number of rotatable bonds is 3. The molecule has 0 unspecified atom stereocenters. The number of nitrogens with one attached hydrogen (secondary N) is 1. The normalized spacial score (nSPS) is 12.6. The van der Waals surface area contributed by atoms with E-state index in [0.717, 1.165) is 0 Å². The highest BCUT2D eigenvalue weighted by molar-refractivity contribution is 7.12. The molecule has 0 saturated carbocycles. The average Bonchev–Trinajstić information content (AvgIpc) is 2.45. The molecule has 92 valence electrons. The van der Waals surface area contributed by atoms with E-state index in [1.807, 2.05) is 11.3 Å². The van der Waals surface area contributed by atoms with E-state index in [1.54, 1.807) is 0 Å². The van der Waals surface area contributed by atoms with Gasteiger partial charge in [0.25, 0.3) is 0 Å². The Labute approximate surface area is 104 Å². The molecular formula is C14H25NS. The lowest BCUT2D eigenvalue weighted by molar-refractivity contribution is 0.604. The zero-order valence-corrected chi connectivity index (χ0v) is 12.5. The maximum absolute atomic E-state index is 3.56. The second kappa shape index (κ2) is 4.79. The molecule has 1 aromatic rings. The van der Waals surface area contributed by atoms with Gasteiger partial charge in [0.1, 0.15) is 0 Å². The van der Waals surface area contributed by atoms with Gasteiger partial charge in [-0.05, 0) is 31.2 Å². The summed E-state index contributed by atoms with van der Waals surface area (Å²) in [6.07, 6.45) is 0. The summed E-state index contributed by atoms with van der Waals surface area (Å²) in [7, 11) is 0. The van der Waals surface area contributed by atoms with Crippen LogP contribution in [0.3, 0.4) is 0 Å². The Hall–Kier alpha value is -0.500. The Morgan fingerprint density at radius 1 is 1.12 bits per heavy atom. The molecule has 1 nitrogen and oxygen atoms in total. The first-order chi connectivity index (χ1) is 7.21. The molecule has 0 aliphatic rings. The molecule has 0 amide bonds. The molecule has 0 bridgehead atoms. The molecule has 0 atom stereocenters. The molecule has 1 heterocycles. The number of hydrogen-bond acceptors (Lipinski definition) is 2. The van der Waals surface area contributed by atoms with Crippen LogP contribution in [-0.4, -0.2) is 6.04 Å². The summed E-state index contributed by atoms with van der Waals surface area (Å²) >= 11 is 1.95. The molecule has 0 aliphatic carbocycles. The summed E-state index contributed by atoms with van der Waals surface area (Å²) in [4.78, 5) is 2.96. The molecule has 16 heavy (non-hydrogen) atoms. The van der Waals surface area contributed by atoms with Crippen molar-refractivity contribution in [2.24, 2.45) is 0 Å². The summed E-state index contributed by atoms with van der Waals surface area (Å²) < 4.78 is 0. The lowest BCUT2D eigenvalue weighted by Gasteiger charge is -2.15. The Balaban J connectivity index is 3.10. The highest BCUT2D eigenvalue weighted by Gasteiger charge is 2.20. The van der Waals surface area contributed by atoms with E-state index in [9.17, 15) is 0 Å². The molecule has 0 saturated heterocycles. The molecule has 1 aromatic heterocycles. The van der Waals surface area contributed by atoms with Crippen LogP contribution in [0.5, 0.6) is 0 Å². The second-order valence-electron chi connectivity index (χ2n) is 6.09. The fourth-order valence-corrected chi connectivity index (χ4v) is 2.81. The predicted molar refractivity (Wildman–Crippen MR) is 75.9 cm³/mol. The predicted octanol–water partition coefficient (Wildman–Crippen LogP) is 4.99. The summed E-state index contributed by atoms with van der Waals surface area (Å²) in [6, 6.07) is 2.83. The number of anilines is 1. The quantitative estimate of drug-likeness (QED) is 0.783. The van der Waals surface area contributed by atoms with E-state index in [1.165, 1.54) is 15.4 Å². The average molecular weight is 239 g/mol. The van der Waals surface area contributed by atoms with Gasteiger partial charge in [-0.1, -0.05) is 34.6 Å². The van der Waals surface area contributed by atoms with Crippen LogP contribution in [-0.2, 0) is 5.41 Å². The first kappa shape index (κ1) is 13.6. The van der Waals surface area contributed by atoms with Gasteiger partial charge in [-0.15, -0.1) is 11.3 Å². The number of thiophene rings is 1. The Morgan fingerprint density at radius 3 is 2.06 bits per heavy atom. The van der Waals surface area contributed by atoms with Crippen molar-refractivity contribution in [2.75, 3.05) is 5.32 Å². The Kier molecular flexibility index (Phi) is 4.06. The SMILES string of the molecule is CC(C)Nc1cc(C(C)(C)C)sc1C(C)C. The van der Waals surface area contributed by atoms with Crippen LogP contribution in [0.25, 0.3) is 0 Å². The van der Waals surface area contributed by atoms with Gasteiger partial charge in [-0.2, -0.15) is 0 Å². The molecule has 0 aliphatic heterocycles. The zero-order valence-electron chi connectivity index (χ0n) is 11.6. The van der Waals surface area contributed by atoms with Crippen molar-refractivity contribution in [3.63, 3.8) is 0 Å². The van der Waals surface area contributed by atoms with Crippen LogP contribution in [0.2, 0.25) is 0 Å². The molecule has 2 heteroatoms. The van der Waals surface area contributed by atoms with Gasteiger partial charge in [0.15, 0.2) is 0 Å². The van der Waals surface area contributed by atoms with Crippen molar-refractivity contribution in [1.82, 2.24) is 0 Å². The zero-order chi connectivity index (χ0) is 12.5. The molecule has 1 N–H and O–H groups in total. The lowest BCUT2D eigenvalue weighted by atomic mass is 9.94. The molecule has 0 spiro atoms. The van der Waals surface area contributed by atoms with E-state index in [0.29, 0.717) is 12.0 Å². The lowest BCUT2D eigenvalue weighted by Crippen LogP contribution is -2.11. The van der Waals surface area contributed by atoms with Crippen molar-refractivity contribution in [2.45, 2.75) is 65.8 Å². The second-order valence-corrected chi connectivity index (χ2v) is 7.18. The van der Waals surface area contributed by atoms with Crippen LogP contribution in [0.1, 0.15) is 64.1 Å². The van der Waals surface area contributed by atoms with Gasteiger partial charge < -0.3 is 5.32 Å². The van der Waals surface area contributed by atoms with Gasteiger partial charge in [0.05, 0.1) is 0 Å². The van der Waals surface area contributed by atoms with Gasteiger partial charge in [0, 0.05) is 21.5 Å². The van der Waals surface area contributed by atoms with Crippen molar-refractivity contribution < 1.29 is 0 Å². The van der Waals surface area contributed by atoms with Crippen LogP contribution in [0.4, 0.5) is 5.69 Å². The van der Waals surface area contributed by atoms with E-state index >= 15 is 0 Å². The minimum atomic E-state index is 0.255. The Morgan fingerprint density at radius 2 is 1.69 bits per heavy atom. The smallest absolute Gasteiger partial charge is 0.0489 e. The summed E-state index contributed by atoms with van der Waals surface area (Å²) in [5.41, 5.74) is 1.59. The Bertz CT molecular complexity index is 342. The molecule has 0 aromatic carbocycles. The van der Waals surface area contributed by atoms with Crippen molar-refractivity contribution in [3.8, 4) is 0 Å². The fourth-order valence-electron chi connectivity index (χ4n) is 1.63. The maximum Gasteiger partial charge on any atom is 0.0489 e. The van der Waals surface area contributed by atoms with E-state index < -0.39 is 0 Å². The van der Waals surface area contributed by atoms with E-state index in [4.69, 9.17) is 0 Å². The highest BCUT2D eigenvalue weighted by atomic mass is 32.1. The minimum absolute atomic E-state index is 0.255. The van der Waals surface area contributed by atoms with Gasteiger partial charge >= 0.3 is 0 Å². The van der Waals surface area contributed by atoms with Gasteiger partial charge in [-0.25, -0.2) is 0 Å². The first-order valence-corrected chi connectivity index (χ1v) is 6.94. The largest absolute Gasteiger partial charge is 0.382 e. The fraction of sp³-hybridized carbons (Fsp3) is 0.714.